The largest absolute Gasteiger partial charge is 0.292 e. The normalized spacial score (nSPS) is 12.8. The highest BCUT2D eigenvalue weighted by molar-refractivity contribution is 6.15. The Morgan fingerprint density at radius 3 is 2.28 bits per heavy atom. The highest BCUT2D eigenvalue weighted by Gasteiger charge is 2.22. The highest BCUT2D eigenvalue weighted by Crippen LogP contribution is 2.41. The van der Waals surface area contributed by atoms with Gasteiger partial charge in [-0.25, -0.2) is 4.98 Å². The molecule has 2 nitrogen and oxygen atoms in total. The standard InChI is InChI=1S/C41H28N2/c1-2-11-27(12-3-1)41-42-38-19-8-9-20-40(38)43(41)39-24-23-35(32-15-6-7-16-36(32)39)31-17-10-18-33-34(31)22-21-30-25-28-13-4-5-14-29(28)26-37(30)33/h1-6,8-15,17-26H,7,16H2. The number of rotatable bonds is 3. The van der Waals surface area contributed by atoms with E-state index in [9.17, 15) is 0 Å². The van der Waals surface area contributed by atoms with Crippen LogP contribution in [0.5, 0.6) is 0 Å². The van der Waals surface area contributed by atoms with Crippen LogP contribution in [0.3, 0.4) is 0 Å². The Bertz CT molecular complexity index is 2390. The van der Waals surface area contributed by atoms with Crippen molar-refractivity contribution in [2.75, 3.05) is 0 Å². The van der Waals surface area contributed by atoms with Crippen LogP contribution in [0.1, 0.15) is 17.5 Å². The van der Waals surface area contributed by atoms with E-state index in [1.165, 1.54) is 60.3 Å². The van der Waals surface area contributed by atoms with Crippen molar-refractivity contribution in [2.45, 2.75) is 12.8 Å². The van der Waals surface area contributed by atoms with Gasteiger partial charge < -0.3 is 0 Å². The van der Waals surface area contributed by atoms with Gasteiger partial charge in [0.2, 0.25) is 0 Å². The van der Waals surface area contributed by atoms with Crippen LogP contribution in [0.25, 0.3) is 77.6 Å². The average molecular weight is 549 g/mol. The van der Waals surface area contributed by atoms with Gasteiger partial charge in [-0.05, 0) is 97.7 Å². The van der Waals surface area contributed by atoms with E-state index in [-0.39, 0.29) is 0 Å². The molecule has 43 heavy (non-hydrogen) atoms. The molecule has 0 aliphatic heterocycles. The lowest BCUT2D eigenvalue weighted by molar-refractivity contribution is 0.953. The number of para-hydroxylation sites is 2. The summed E-state index contributed by atoms with van der Waals surface area (Å²) in [6, 6.07) is 48.4. The third-order valence-electron chi connectivity index (χ3n) is 9.05. The Balaban J connectivity index is 1.29. The Hall–Kier alpha value is -5.47. The molecule has 0 N–H and O–H groups in total. The van der Waals surface area contributed by atoms with E-state index in [1.807, 2.05) is 0 Å². The van der Waals surface area contributed by atoms with Crippen molar-refractivity contribution in [3.63, 3.8) is 0 Å². The molecule has 0 unspecified atom stereocenters. The van der Waals surface area contributed by atoms with E-state index in [0.29, 0.717) is 0 Å². The fraction of sp³-hybridized carbons (Fsp3) is 0.0488. The minimum atomic E-state index is 0.982. The molecule has 202 valence electrons. The lowest BCUT2D eigenvalue weighted by atomic mass is 9.86. The van der Waals surface area contributed by atoms with Crippen molar-refractivity contribution in [1.82, 2.24) is 9.55 Å². The zero-order valence-corrected chi connectivity index (χ0v) is 23.7. The number of allylic oxidation sites excluding steroid dienone is 1. The fourth-order valence-corrected chi connectivity index (χ4v) is 7.05. The number of nitrogens with zero attached hydrogens (tertiary/aromatic N) is 2. The summed E-state index contributed by atoms with van der Waals surface area (Å²) in [6.45, 7) is 0. The first-order valence-electron chi connectivity index (χ1n) is 15.0. The zero-order valence-electron chi connectivity index (χ0n) is 23.7. The molecule has 0 fully saturated rings. The summed E-state index contributed by atoms with van der Waals surface area (Å²) >= 11 is 0. The summed E-state index contributed by atoms with van der Waals surface area (Å²) in [5.74, 6) is 0.982. The molecule has 1 aliphatic rings. The van der Waals surface area contributed by atoms with Gasteiger partial charge in [0.05, 0.1) is 16.7 Å². The van der Waals surface area contributed by atoms with Gasteiger partial charge in [0.1, 0.15) is 5.82 Å². The van der Waals surface area contributed by atoms with Crippen LogP contribution < -0.4 is 0 Å². The Kier molecular flexibility index (Phi) is 5.36. The van der Waals surface area contributed by atoms with E-state index in [1.54, 1.807) is 0 Å². The number of hydrogen-bond acceptors (Lipinski definition) is 1. The number of hydrogen-bond donors (Lipinski definition) is 0. The van der Waals surface area contributed by atoms with Crippen molar-refractivity contribution in [2.24, 2.45) is 0 Å². The van der Waals surface area contributed by atoms with Gasteiger partial charge in [-0.3, -0.25) is 4.57 Å². The van der Waals surface area contributed by atoms with E-state index in [4.69, 9.17) is 4.98 Å². The monoisotopic (exact) mass is 548 g/mol. The van der Waals surface area contributed by atoms with Crippen molar-refractivity contribution < 1.29 is 0 Å². The van der Waals surface area contributed by atoms with E-state index >= 15 is 0 Å². The van der Waals surface area contributed by atoms with Crippen LogP contribution in [-0.4, -0.2) is 9.55 Å². The molecule has 9 rings (SSSR count). The van der Waals surface area contributed by atoms with E-state index in [0.717, 1.165) is 35.3 Å². The van der Waals surface area contributed by atoms with Gasteiger partial charge in [-0.2, -0.15) is 0 Å². The number of fused-ring (bicyclic) bond motifs is 6. The van der Waals surface area contributed by atoms with Gasteiger partial charge in [0.15, 0.2) is 0 Å². The van der Waals surface area contributed by atoms with Gasteiger partial charge in [-0.1, -0.05) is 115 Å². The second-order valence-electron chi connectivity index (χ2n) is 11.5. The van der Waals surface area contributed by atoms with Crippen LogP contribution in [0.4, 0.5) is 0 Å². The maximum Gasteiger partial charge on any atom is 0.145 e. The average Bonchev–Trinajstić information content (AvgIpc) is 3.46. The van der Waals surface area contributed by atoms with Crippen LogP contribution in [0.15, 0.2) is 140 Å². The molecule has 7 aromatic carbocycles. The molecule has 0 saturated heterocycles. The molecule has 1 aliphatic carbocycles. The van der Waals surface area contributed by atoms with Crippen molar-refractivity contribution >= 4 is 49.4 Å². The van der Waals surface area contributed by atoms with Gasteiger partial charge in [0.25, 0.3) is 0 Å². The number of imidazole rings is 1. The van der Waals surface area contributed by atoms with Crippen molar-refractivity contribution in [3.05, 3.63) is 151 Å². The Labute approximate surface area is 250 Å². The third-order valence-corrected chi connectivity index (χ3v) is 9.05. The zero-order chi connectivity index (χ0) is 28.3. The summed E-state index contributed by atoms with van der Waals surface area (Å²) < 4.78 is 2.37. The second kappa shape index (κ2) is 9.54. The third kappa shape index (κ3) is 3.77. The number of aromatic nitrogens is 2. The first-order chi connectivity index (χ1) is 21.3. The lowest BCUT2D eigenvalue weighted by Crippen LogP contribution is -2.07. The minimum absolute atomic E-state index is 0.982. The minimum Gasteiger partial charge on any atom is -0.292 e. The maximum absolute atomic E-state index is 5.13. The second-order valence-corrected chi connectivity index (χ2v) is 11.5. The molecular weight excluding hydrogens is 520 g/mol. The summed E-state index contributed by atoms with van der Waals surface area (Å²) in [7, 11) is 0. The lowest BCUT2D eigenvalue weighted by Gasteiger charge is -2.22. The molecule has 0 spiro atoms. The van der Waals surface area contributed by atoms with Crippen LogP contribution >= 0.6 is 0 Å². The van der Waals surface area contributed by atoms with Crippen LogP contribution in [-0.2, 0) is 6.42 Å². The molecule has 2 heteroatoms. The smallest absolute Gasteiger partial charge is 0.145 e. The van der Waals surface area contributed by atoms with E-state index < -0.39 is 0 Å². The molecular formula is C41H28N2. The summed E-state index contributed by atoms with van der Waals surface area (Å²) in [5, 5.41) is 7.72. The molecule has 0 radical (unpaired) electrons. The molecule has 0 saturated carbocycles. The first-order valence-corrected chi connectivity index (χ1v) is 15.0. The van der Waals surface area contributed by atoms with Gasteiger partial charge in [0, 0.05) is 5.56 Å². The molecule has 8 aromatic rings. The van der Waals surface area contributed by atoms with Crippen LogP contribution in [0.2, 0.25) is 0 Å². The SMILES string of the molecule is C1=Cc2c(-c3cccc4c3ccc3cc5ccccc5cc34)ccc(-n3c(-c4ccccc4)nc4ccccc43)c2CC1. The molecule has 0 bridgehead atoms. The van der Waals surface area contributed by atoms with Crippen molar-refractivity contribution in [1.29, 1.82) is 0 Å². The fourth-order valence-electron chi connectivity index (χ4n) is 7.05. The van der Waals surface area contributed by atoms with Crippen molar-refractivity contribution in [3.8, 4) is 28.2 Å². The first kappa shape index (κ1) is 24.2. The van der Waals surface area contributed by atoms with Gasteiger partial charge in [-0.15, -0.1) is 0 Å². The molecule has 0 atom stereocenters. The summed E-state index contributed by atoms with van der Waals surface area (Å²) in [4.78, 5) is 5.13. The molecule has 0 amide bonds. The summed E-state index contributed by atoms with van der Waals surface area (Å²) in [5.41, 5.74) is 9.74. The topological polar surface area (TPSA) is 17.8 Å². The quantitative estimate of drug-likeness (QED) is 0.159. The predicted octanol–water partition coefficient (Wildman–Crippen LogP) is 10.8. The maximum atomic E-state index is 5.13. The molecule has 1 heterocycles. The van der Waals surface area contributed by atoms with E-state index in [2.05, 4.69) is 150 Å². The number of benzene rings is 7. The Morgan fingerprint density at radius 2 is 1.37 bits per heavy atom. The summed E-state index contributed by atoms with van der Waals surface area (Å²) in [6.07, 6.45) is 6.69. The van der Waals surface area contributed by atoms with Crippen LogP contribution in [0, 0.1) is 0 Å². The Morgan fingerprint density at radius 1 is 0.558 bits per heavy atom. The molecule has 1 aromatic heterocycles. The highest BCUT2D eigenvalue weighted by atomic mass is 15.1. The van der Waals surface area contributed by atoms with Gasteiger partial charge >= 0.3 is 0 Å². The predicted molar refractivity (Wildman–Crippen MR) is 182 cm³/mol.